The van der Waals surface area contributed by atoms with E-state index in [1.165, 1.54) is 11.3 Å². The van der Waals surface area contributed by atoms with Gasteiger partial charge in [0.2, 0.25) is 10.0 Å². The Morgan fingerprint density at radius 2 is 2.11 bits per heavy atom. The SMILES string of the molecule is COCCCCCNS(=O)(=O)c1cc(C)c(Br)s1. The van der Waals surface area contributed by atoms with E-state index in [0.29, 0.717) is 10.8 Å². The Balaban J connectivity index is 2.41. The van der Waals surface area contributed by atoms with Crippen LogP contribution < -0.4 is 4.72 Å². The quantitative estimate of drug-likeness (QED) is 0.729. The fourth-order valence-corrected chi connectivity index (χ4v) is 4.73. The molecule has 0 aliphatic rings. The number of hydrogen-bond donors (Lipinski definition) is 1. The molecular weight excluding hydrogens is 338 g/mol. The van der Waals surface area contributed by atoms with Crippen molar-refractivity contribution in [2.45, 2.75) is 30.4 Å². The fraction of sp³-hybridized carbons (Fsp3) is 0.636. The van der Waals surface area contributed by atoms with E-state index in [0.717, 1.165) is 35.2 Å². The Labute approximate surface area is 121 Å². The van der Waals surface area contributed by atoms with E-state index in [9.17, 15) is 8.42 Å². The highest BCUT2D eigenvalue weighted by Gasteiger charge is 2.17. The number of unbranched alkanes of at least 4 members (excludes halogenated alkanes) is 2. The van der Waals surface area contributed by atoms with Gasteiger partial charge in [-0.15, -0.1) is 11.3 Å². The zero-order chi connectivity index (χ0) is 13.6. The van der Waals surface area contributed by atoms with Crippen LogP contribution in [0.3, 0.4) is 0 Å². The van der Waals surface area contributed by atoms with Crippen LogP contribution in [0.1, 0.15) is 24.8 Å². The van der Waals surface area contributed by atoms with Crippen molar-refractivity contribution >= 4 is 37.3 Å². The Kier molecular flexibility index (Phi) is 6.79. The smallest absolute Gasteiger partial charge is 0.250 e. The van der Waals surface area contributed by atoms with Gasteiger partial charge in [0.1, 0.15) is 4.21 Å². The summed E-state index contributed by atoms with van der Waals surface area (Å²) in [4.78, 5) is 0. The number of aryl methyl sites for hydroxylation is 1. The lowest BCUT2D eigenvalue weighted by Crippen LogP contribution is -2.24. The molecule has 0 bridgehead atoms. The van der Waals surface area contributed by atoms with Crippen LogP contribution in [0, 0.1) is 6.92 Å². The third-order valence-electron chi connectivity index (χ3n) is 2.42. The minimum absolute atomic E-state index is 0.365. The van der Waals surface area contributed by atoms with E-state index in [4.69, 9.17) is 4.74 Å². The highest BCUT2D eigenvalue weighted by molar-refractivity contribution is 9.11. The summed E-state index contributed by atoms with van der Waals surface area (Å²) in [5, 5.41) is 0. The second-order valence-corrected chi connectivity index (χ2v) is 8.34. The second kappa shape index (κ2) is 7.59. The van der Waals surface area contributed by atoms with Crippen molar-refractivity contribution in [3.63, 3.8) is 0 Å². The molecule has 0 atom stereocenters. The van der Waals surface area contributed by atoms with Crippen LogP contribution >= 0.6 is 27.3 Å². The van der Waals surface area contributed by atoms with E-state index in [2.05, 4.69) is 20.7 Å². The van der Waals surface area contributed by atoms with Crippen LogP contribution in [-0.4, -0.2) is 28.7 Å². The first-order chi connectivity index (χ1) is 8.47. The Morgan fingerprint density at radius 1 is 1.39 bits per heavy atom. The predicted molar refractivity (Wildman–Crippen MR) is 77.7 cm³/mol. The van der Waals surface area contributed by atoms with Crippen LogP contribution in [0.25, 0.3) is 0 Å². The molecule has 0 aliphatic carbocycles. The third kappa shape index (κ3) is 4.97. The average Bonchev–Trinajstić information content (AvgIpc) is 2.65. The van der Waals surface area contributed by atoms with Crippen molar-refractivity contribution in [1.29, 1.82) is 0 Å². The van der Waals surface area contributed by atoms with Crippen molar-refractivity contribution in [2.24, 2.45) is 0 Å². The molecule has 7 heteroatoms. The van der Waals surface area contributed by atoms with E-state index < -0.39 is 10.0 Å². The Bertz CT molecular complexity index is 451. The van der Waals surface area contributed by atoms with Crippen LogP contribution in [0.4, 0.5) is 0 Å². The topological polar surface area (TPSA) is 55.4 Å². The summed E-state index contributed by atoms with van der Waals surface area (Å²) in [6.45, 7) is 3.08. The largest absolute Gasteiger partial charge is 0.385 e. The van der Waals surface area contributed by atoms with Gasteiger partial charge >= 0.3 is 0 Å². The van der Waals surface area contributed by atoms with Crippen molar-refractivity contribution in [3.05, 3.63) is 15.4 Å². The molecule has 1 rings (SSSR count). The lowest BCUT2D eigenvalue weighted by molar-refractivity contribution is 0.192. The number of methoxy groups -OCH3 is 1. The monoisotopic (exact) mass is 355 g/mol. The van der Waals surface area contributed by atoms with Gasteiger partial charge in [0.05, 0.1) is 3.79 Å². The first kappa shape index (κ1) is 16.1. The number of rotatable bonds is 8. The molecule has 1 N–H and O–H groups in total. The summed E-state index contributed by atoms with van der Waals surface area (Å²) in [6.07, 6.45) is 2.75. The van der Waals surface area contributed by atoms with Gasteiger partial charge in [-0.05, 0) is 53.7 Å². The summed E-state index contributed by atoms with van der Waals surface area (Å²) in [5.74, 6) is 0. The average molecular weight is 356 g/mol. The van der Waals surface area contributed by atoms with Gasteiger partial charge in [-0.1, -0.05) is 0 Å². The number of hydrogen-bond acceptors (Lipinski definition) is 4. The van der Waals surface area contributed by atoms with Gasteiger partial charge in [-0.2, -0.15) is 0 Å². The maximum absolute atomic E-state index is 11.9. The first-order valence-electron chi connectivity index (χ1n) is 5.72. The molecule has 0 amide bonds. The summed E-state index contributed by atoms with van der Waals surface area (Å²) < 4.78 is 32.7. The van der Waals surface area contributed by atoms with E-state index in [-0.39, 0.29) is 0 Å². The van der Waals surface area contributed by atoms with Crippen LogP contribution in [0.2, 0.25) is 0 Å². The molecule has 1 aromatic heterocycles. The molecule has 1 heterocycles. The molecule has 0 saturated heterocycles. The maximum atomic E-state index is 11.9. The minimum Gasteiger partial charge on any atom is -0.385 e. The summed E-state index contributed by atoms with van der Waals surface area (Å²) >= 11 is 4.57. The lowest BCUT2D eigenvalue weighted by atomic mass is 10.2. The predicted octanol–water partition coefficient (Wildman–Crippen LogP) is 2.91. The minimum atomic E-state index is -3.35. The summed E-state index contributed by atoms with van der Waals surface area (Å²) in [7, 11) is -1.68. The van der Waals surface area contributed by atoms with Crippen LogP contribution in [0.15, 0.2) is 14.1 Å². The zero-order valence-electron chi connectivity index (χ0n) is 10.5. The normalized spacial score (nSPS) is 11.9. The summed E-state index contributed by atoms with van der Waals surface area (Å²) in [6, 6.07) is 1.68. The van der Waals surface area contributed by atoms with Gasteiger partial charge in [0.15, 0.2) is 0 Å². The molecule has 1 aromatic rings. The number of nitrogens with one attached hydrogen (secondary N) is 1. The molecule has 0 aromatic carbocycles. The van der Waals surface area contributed by atoms with Gasteiger partial charge in [-0.25, -0.2) is 13.1 Å². The molecule has 4 nitrogen and oxygen atoms in total. The maximum Gasteiger partial charge on any atom is 0.250 e. The molecule has 0 aliphatic heterocycles. The third-order valence-corrected chi connectivity index (χ3v) is 6.49. The number of ether oxygens (including phenoxy) is 1. The Morgan fingerprint density at radius 3 is 2.67 bits per heavy atom. The fourth-order valence-electron chi connectivity index (χ4n) is 1.39. The molecular formula is C11H18BrNO3S2. The van der Waals surface area contributed by atoms with Crippen LogP contribution in [0.5, 0.6) is 0 Å². The second-order valence-electron chi connectivity index (χ2n) is 3.97. The van der Waals surface area contributed by atoms with Gasteiger partial charge in [0, 0.05) is 20.3 Å². The first-order valence-corrected chi connectivity index (χ1v) is 8.81. The van der Waals surface area contributed by atoms with E-state index >= 15 is 0 Å². The van der Waals surface area contributed by atoms with E-state index in [1.807, 2.05) is 6.92 Å². The molecule has 0 fully saturated rings. The van der Waals surface area contributed by atoms with Crippen molar-refractivity contribution < 1.29 is 13.2 Å². The molecule has 0 spiro atoms. The van der Waals surface area contributed by atoms with E-state index in [1.54, 1.807) is 13.2 Å². The number of sulfonamides is 1. The van der Waals surface area contributed by atoms with Gasteiger partial charge in [0.25, 0.3) is 0 Å². The number of thiophene rings is 1. The molecule has 18 heavy (non-hydrogen) atoms. The highest BCUT2D eigenvalue weighted by Crippen LogP contribution is 2.30. The van der Waals surface area contributed by atoms with Crippen molar-refractivity contribution in [3.8, 4) is 0 Å². The standard InChI is InChI=1S/C11H18BrNO3S2/c1-9-8-10(17-11(9)12)18(14,15)13-6-4-3-5-7-16-2/h8,13H,3-7H2,1-2H3. The lowest BCUT2D eigenvalue weighted by Gasteiger charge is -2.04. The van der Waals surface area contributed by atoms with Gasteiger partial charge in [-0.3, -0.25) is 0 Å². The van der Waals surface area contributed by atoms with Crippen molar-refractivity contribution in [2.75, 3.05) is 20.3 Å². The summed E-state index contributed by atoms with van der Waals surface area (Å²) in [5.41, 5.74) is 0.945. The number of halogens is 1. The molecule has 0 unspecified atom stereocenters. The van der Waals surface area contributed by atoms with Crippen LogP contribution in [-0.2, 0) is 14.8 Å². The van der Waals surface area contributed by atoms with Crippen molar-refractivity contribution in [1.82, 2.24) is 4.72 Å². The highest BCUT2D eigenvalue weighted by atomic mass is 79.9. The Hall–Kier alpha value is 0.0500. The zero-order valence-corrected chi connectivity index (χ0v) is 13.8. The molecule has 0 radical (unpaired) electrons. The van der Waals surface area contributed by atoms with Gasteiger partial charge < -0.3 is 4.74 Å². The molecule has 104 valence electrons. The molecule has 0 saturated carbocycles.